The molecule has 0 aliphatic heterocycles. The van der Waals surface area contributed by atoms with Gasteiger partial charge in [0.25, 0.3) is 0 Å². The molecule has 12 heteroatoms. The fourth-order valence-electron chi connectivity index (χ4n) is 4.27. The van der Waals surface area contributed by atoms with Crippen LogP contribution in [0.1, 0.15) is 18.1 Å². The van der Waals surface area contributed by atoms with Gasteiger partial charge in [0.1, 0.15) is 24.1 Å². The maximum Gasteiger partial charge on any atom is 0.244 e. The summed E-state index contributed by atoms with van der Waals surface area (Å²) in [5.41, 5.74) is 1.56. The number of rotatable bonds is 13. The summed E-state index contributed by atoms with van der Waals surface area (Å²) in [5.74, 6) is -0.392. The third kappa shape index (κ3) is 8.51. The molecule has 0 fully saturated rings. The van der Waals surface area contributed by atoms with Crippen LogP contribution in [0.3, 0.4) is 0 Å². The van der Waals surface area contributed by atoms with Gasteiger partial charge in [-0.05, 0) is 42.3 Å². The number of carbonyl (C=O) groups is 2. The molecule has 3 aromatic rings. The predicted molar refractivity (Wildman–Crippen MR) is 161 cm³/mol. The van der Waals surface area contributed by atoms with Crippen molar-refractivity contribution in [2.24, 2.45) is 0 Å². The van der Waals surface area contributed by atoms with Gasteiger partial charge < -0.3 is 19.7 Å². The number of anilines is 1. The minimum Gasteiger partial charge on any atom is -0.497 e. The molecule has 41 heavy (non-hydrogen) atoms. The maximum absolute atomic E-state index is 14.1. The molecule has 0 heterocycles. The van der Waals surface area contributed by atoms with Crippen molar-refractivity contribution >= 4 is 50.7 Å². The molecular weight excluding hydrogens is 589 g/mol. The van der Waals surface area contributed by atoms with E-state index >= 15 is 0 Å². The van der Waals surface area contributed by atoms with Crippen LogP contribution in [0.4, 0.5) is 5.69 Å². The highest BCUT2D eigenvalue weighted by Crippen LogP contribution is 2.34. The minimum atomic E-state index is -3.99. The second-order valence-corrected chi connectivity index (χ2v) is 11.9. The van der Waals surface area contributed by atoms with E-state index in [1.54, 1.807) is 37.3 Å². The summed E-state index contributed by atoms with van der Waals surface area (Å²) < 4.78 is 37.7. The van der Waals surface area contributed by atoms with Crippen molar-refractivity contribution in [3.05, 3.63) is 87.9 Å². The van der Waals surface area contributed by atoms with Crippen molar-refractivity contribution in [2.75, 3.05) is 37.9 Å². The molecular formula is C29H33Cl2N3O6S. The topological polar surface area (TPSA) is 105 Å². The zero-order chi connectivity index (χ0) is 30.2. The molecule has 0 radical (unpaired) electrons. The van der Waals surface area contributed by atoms with E-state index in [1.807, 2.05) is 30.3 Å². The Kier molecular flexibility index (Phi) is 11.3. The summed E-state index contributed by atoms with van der Waals surface area (Å²) in [6.45, 7) is 1.49. The van der Waals surface area contributed by atoms with E-state index in [9.17, 15) is 18.0 Å². The first kappa shape index (κ1) is 32.0. The van der Waals surface area contributed by atoms with Crippen LogP contribution in [0.5, 0.6) is 11.5 Å². The monoisotopic (exact) mass is 621 g/mol. The van der Waals surface area contributed by atoms with Gasteiger partial charge in [0.2, 0.25) is 21.8 Å². The Morgan fingerprint density at radius 3 is 2.22 bits per heavy atom. The number of likely N-dealkylation sites (N-methyl/N-ethyl adjacent to an activating group) is 1. The Morgan fingerprint density at radius 1 is 0.927 bits per heavy atom. The minimum absolute atomic E-state index is 0.0306. The fourth-order valence-corrected chi connectivity index (χ4v) is 5.43. The van der Waals surface area contributed by atoms with Gasteiger partial charge in [-0.2, -0.15) is 0 Å². The number of methoxy groups -OCH3 is 2. The van der Waals surface area contributed by atoms with Gasteiger partial charge >= 0.3 is 0 Å². The van der Waals surface area contributed by atoms with Crippen LogP contribution in [-0.4, -0.2) is 64.7 Å². The number of sulfonamides is 1. The number of hydrogen-bond donors (Lipinski definition) is 1. The van der Waals surface area contributed by atoms with E-state index in [0.717, 1.165) is 16.1 Å². The molecule has 0 spiro atoms. The van der Waals surface area contributed by atoms with Crippen molar-refractivity contribution in [3.63, 3.8) is 0 Å². The van der Waals surface area contributed by atoms with Gasteiger partial charge in [-0.1, -0.05) is 59.6 Å². The zero-order valence-corrected chi connectivity index (χ0v) is 25.6. The molecule has 2 amide bonds. The van der Waals surface area contributed by atoms with Gasteiger partial charge in [0.15, 0.2) is 0 Å². The highest BCUT2D eigenvalue weighted by molar-refractivity contribution is 7.92. The maximum atomic E-state index is 14.1. The van der Waals surface area contributed by atoms with Crippen LogP contribution in [0.15, 0.2) is 66.7 Å². The molecule has 3 rings (SSSR count). The first-order valence-electron chi connectivity index (χ1n) is 12.7. The molecule has 0 bridgehead atoms. The molecule has 1 atom stereocenters. The molecule has 0 aliphatic carbocycles. The third-order valence-electron chi connectivity index (χ3n) is 6.29. The summed E-state index contributed by atoms with van der Waals surface area (Å²) in [5, 5.41) is 3.43. The second-order valence-electron chi connectivity index (χ2n) is 9.18. The van der Waals surface area contributed by atoms with Crippen molar-refractivity contribution in [2.45, 2.75) is 25.9 Å². The molecule has 220 valence electrons. The molecule has 0 aliphatic rings. The smallest absolute Gasteiger partial charge is 0.244 e. The van der Waals surface area contributed by atoms with Crippen LogP contribution < -0.4 is 19.1 Å². The number of halogens is 2. The Balaban J connectivity index is 2.11. The number of hydrogen-bond acceptors (Lipinski definition) is 6. The van der Waals surface area contributed by atoms with Crippen molar-refractivity contribution < 1.29 is 27.5 Å². The van der Waals surface area contributed by atoms with Gasteiger partial charge in [0, 0.05) is 25.6 Å². The first-order chi connectivity index (χ1) is 19.5. The third-order valence-corrected chi connectivity index (χ3v) is 8.16. The lowest BCUT2D eigenvalue weighted by Gasteiger charge is -2.33. The quantitative estimate of drug-likeness (QED) is 0.300. The van der Waals surface area contributed by atoms with Crippen LogP contribution in [-0.2, 0) is 32.6 Å². The van der Waals surface area contributed by atoms with E-state index in [2.05, 4.69) is 5.32 Å². The summed E-state index contributed by atoms with van der Waals surface area (Å²) in [6, 6.07) is 17.9. The predicted octanol–water partition coefficient (Wildman–Crippen LogP) is 4.55. The number of nitrogens with zero attached hydrogens (tertiary/aromatic N) is 2. The molecule has 0 aromatic heterocycles. The fraction of sp³-hybridized carbons (Fsp3) is 0.310. The molecule has 3 aromatic carbocycles. The normalized spacial score (nSPS) is 11.9. The summed E-state index contributed by atoms with van der Waals surface area (Å²) in [4.78, 5) is 28.9. The van der Waals surface area contributed by atoms with E-state index in [4.69, 9.17) is 32.7 Å². The van der Waals surface area contributed by atoms with Gasteiger partial charge in [0.05, 0.1) is 36.2 Å². The Hall–Kier alpha value is -3.47. The van der Waals surface area contributed by atoms with E-state index in [1.165, 1.54) is 25.2 Å². The van der Waals surface area contributed by atoms with Gasteiger partial charge in [-0.25, -0.2) is 8.42 Å². The lowest BCUT2D eigenvalue weighted by atomic mass is 10.0. The highest BCUT2D eigenvalue weighted by atomic mass is 35.5. The van der Waals surface area contributed by atoms with Crippen molar-refractivity contribution in [1.82, 2.24) is 10.2 Å². The Bertz CT molecular complexity index is 1470. The second kappa shape index (κ2) is 14.4. The number of nitrogens with one attached hydrogen (secondary N) is 1. The number of amides is 2. The van der Waals surface area contributed by atoms with E-state index in [0.29, 0.717) is 22.9 Å². The molecule has 9 nitrogen and oxygen atoms in total. The van der Waals surface area contributed by atoms with Crippen LogP contribution in [0.2, 0.25) is 10.0 Å². The number of benzene rings is 3. The average Bonchev–Trinajstić information content (AvgIpc) is 2.95. The molecule has 1 N–H and O–H groups in total. The SMILES string of the molecule is CCNC(=O)C(Cc1ccccc1)N(Cc1ccc(Cl)c(Cl)c1)C(=O)CN(c1cc(OC)ccc1OC)S(C)(=O)=O. The summed E-state index contributed by atoms with van der Waals surface area (Å²) in [6.07, 6.45) is 1.19. The standard InChI is InChI=1S/C29H33Cl2N3O6S/c1-5-32-29(36)26(16-20-9-7-6-8-10-20)33(18-21-11-13-23(30)24(31)15-21)28(35)19-34(41(4,37)38)25-17-22(39-2)12-14-27(25)40-3/h6-15,17,26H,5,16,18-19H2,1-4H3,(H,32,36). The highest BCUT2D eigenvalue weighted by Gasteiger charge is 2.33. The first-order valence-corrected chi connectivity index (χ1v) is 15.3. The van der Waals surface area contributed by atoms with Crippen molar-refractivity contribution in [1.29, 1.82) is 0 Å². The van der Waals surface area contributed by atoms with Crippen molar-refractivity contribution in [3.8, 4) is 11.5 Å². The van der Waals surface area contributed by atoms with Gasteiger partial charge in [-0.15, -0.1) is 0 Å². The van der Waals surface area contributed by atoms with Crippen LogP contribution in [0, 0.1) is 0 Å². The lowest BCUT2D eigenvalue weighted by Crippen LogP contribution is -2.53. The van der Waals surface area contributed by atoms with Crippen LogP contribution in [0.25, 0.3) is 0 Å². The van der Waals surface area contributed by atoms with Gasteiger partial charge in [-0.3, -0.25) is 13.9 Å². The van der Waals surface area contributed by atoms with E-state index in [-0.39, 0.29) is 35.3 Å². The Morgan fingerprint density at radius 2 is 1.63 bits per heavy atom. The van der Waals surface area contributed by atoms with E-state index < -0.39 is 28.5 Å². The summed E-state index contributed by atoms with van der Waals surface area (Å²) in [7, 11) is -1.15. The van der Waals surface area contributed by atoms with Crippen LogP contribution >= 0.6 is 23.2 Å². The molecule has 0 saturated carbocycles. The average molecular weight is 623 g/mol. The molecule has 0 saturated heterocycles. The molecule has 1 unspecified atom stereocenters. The largest absolute Gasteiger partial charge is 0.497 e. The Labute approximate surface area is 251 Å². The number of ether oxygens (including phenoxy) is 2. The zero-order valence-electron chi connectivity index (χ0n) is 23.3. The number of carbonyl (C=O) groups excluding carboxylic acids is 2. The summed E-state index contributed by atoms with van der Waals surface area (Å²) >= 11 is 12.4. The lowest BCUT2D eigenvalue weighted by molar-refractivity contribution is -0.140.